The first-order valence-corrected chi connectivity index (χ1v) is 13.2. The van der Waals surface area contributed by atoms with E-state index in [0.717, 1.165) is 0 Å². The van der Waals surface area contributed by atoms with E-state index in [9.17, 15) is 5.11 Å². The van der Waals surface area contributed by atoms with Crippen LogP contribution in [0.1, 0.15) is 101 Å². The summed E-state index contributed by atoms with van der Waals surface area (Å²) < 4.78 is 0. The van der Waals surface area contributed by atoms with Crippen LogP contribution in [-0.2, 0) is 17.1 Å². The van der Waals surface area contributed by atoms with Gasteiger partial charge in [0.05, 0.1) is 0 Å². The number of hydrogen-bond acceptors (Lipinski definition) is 3. The second kappa shape index (κ2) is 13.7. The van der Waals surface area contributed by atoms with Crippen LogP contribution in [0.15, 0.2) is 79.1 Å². The number of hydrogen-bond donors (Lipinski definition) is 0. The van der Waals surface area contributed by atoms with Gasteiger partial charge in [-0.2, -0.15) is 0 Å². The minimum atomic E-state index is 0. The van der Waals surface area contributed by atoms with Gasteiger partial charge in [0.25, 0.3) is 0 Å². The second-order valence-corrected chi connectivity index (χ2v) is 10.7. The Balaban J connectivity index is 0.000000520. The average molecular weight is 546 g/mol. The minimum absolute atomic E-state index is 0. The van der Waals surface area contributed by atoms with E-state index in [1.165, 1.54) is 45.8 Å². The molecule has 3 aromatic rings. The molecule has 0 saturated heterocycles. The zero-order valence-electron chi connectivity index (χ0n) is 23.5. The largest absolute Gasteiger partial charge is 1.00 e. The minimum Gasteiger partial charge on any atom is -0.872 e. The molecule has 0 aromatic heterocycles. The summed E-state index contributed by atoms with van der Waals surface area (Å²) in [6.45, 7) is 20.5. The van der Waals surface area contributed by atoms with Crippen molar-refractivity contribution in [3.8, 4) is 5.75 Å². The van der Waals surface area contributed by atoms with Crippen molar-refractivity contribution in [2.24, 2.45) is 0 Å². The molecule has 0 unspecified atom stereocenters. The summed E-state index contributed by atoms with van der Waals surface area (Å²) in [4.78, 5) is 4.65. The van der Waals surface area contributed by atoms with E-state index in [0.29, 0.717) is 23.7 Å². The maximum Gasteiger partial charge on any atom is 1.00 e. The molecule has 4 rings (SSSR count). The summed E-state index contributed by atoms with van der Waals surface area (Å²) in [5.74, 6) is 1.99. The molecule has 37 heavy (non-hydrogen) atoms. The molecule has 0 spiro atoms. The van der Waals surface area contributed by atoms with Gasteiger partial charge in [-0.05, 0) is 45.9 Å². The van der Waals surface area contributed by atoms with Crippen LogP contribution in [0.5, 0.6) is 5.75 Å². The summed E-state index contributed by atoms with van der Waals surface area (Å²) in [5, 5.41) is 10.3. The zero-order valence-corrected chi connectivity index (χ0v) is 24.4. The van der Waals surface area contributed by atoms with Crippen molar-refractivity contribution in [3.63, 3.8) is 0 Å². The molecule has 0 N–H and O–H groups in total. The summed E-state index contributed by atoms with van der Waals surface area (Å²) >= 11 is 0. The topological polar surface area (TPSA) is 29.5 Å². The van der Waals surface area contributed by atoms with Gasteiger partial charge in [-0.15, -0.1) is 5.75 Å². The zero-order chi connectivity index (χ0) is 26.4. The van der Waals surface area contributed by atoms with Gasteiger partial charge < -0.3 is 14.9 Å². The Kier molecular flexibility index (Phi) is 11.3. The van der Waals surface area contributed by atoms with Gasteiger partial charge in [-0.25, -0.2) is 0 Å². The molecule has 1 aliphatic rings. The molecule has 1 radical (unpaired) electrons. The van der Waals surface area contributed by atoms with Crippen molar-refractivity contribution in [2.75, 3.05) is 9.80 Å². The number of anilines is 2. The van der Waals surface area contributed by atoms with Crippen molar-refractivity contribution < 1.29 is 22.2 Å². The summed E-state index contributed by atoms with van der Waals surface area (Å²) in [5.41, 5.74) is 8.29. The Bertz CT molecular complexity index is 1030. The molecule has 0 aliphatic carbocycles. The van der Waals surface area contributed by atoms with Crippen molar-refractivity contribution in [2.45, 2.75) is 79.1 Å². The van der Waals surface area contributed by atoms with Crippen LogP contribution in [0, 0.1) is 6.67 Å². The Labute approximate surface area is 235 Å². The SMILES string of the molecule is CC(C)c1cccc(C(C)C)c1N1[CH]N(c2c(C(C)C)cccc2C(C)C)C=C1.[Cu+].[O-]c1ccccc1. The Hall–Kier alpha value is -2.68. The van der Waals surface area contributed by atoms with Crippen LogP contribution >= 0.6 is 0 Å². The van der Waals surface area contributed by atoms with E-state index >= 15 is 0 Å². The predicted molar refractivity (Wildman–Crippen MR) is 154 cm³/mol. The number of benzene rings is 3. The molecule has 0 fully saturated rings. The van der Waals surface area contributed by atoms with Crippen molar-refractivity contribution in [1.82, 2.24) is 0 Å². The van der Waals surface area contributed by atoms with Crippen LogP contribution in [0.3, 0.4) is 0 Å². The van der Waals surface area contributed by atoms with Crippen LogP contribution < -0.4 is 14.9 Å². The van der Waals surface area contributed by atoms with Crippen LogP contribution in [-0.4, -0.2) is 0 Å². The van der Waals surface area contributed by atoms with Crippen LogP contribution in [0.2, 0.25) is 0 Å². The fourth-order valence-corrected chi connectivity index (χ4v) is 4.66. The van der Waals surface area contributed by atoms with Gasteiger partial charge in [0.1, 0.15) is 0 Å². The molecule has 3 aromatic carbocycles. The fraction of sp³-hybridized carbons (Fsp3) is 0.364. The summed E-state index contributed by atoms with van der Waals surface area (Å²) in [6, 6.07) is 21.8. The molecule has 3 nitrogen and oxygen atoms in total. The fourth-order valence-electron chi connectivity index (χ4n) is 4.66. The smallest absolute Gasteiger partial charge is 0.872 e. The van der Waals surface area contributed by atoms with Crippen molar-refractivity contribution in [1.29, 1.82) is 0 Å². The number of rotatable bonds is 6. The molecule has 4 heteroatoms. The van der Waals surface area contributed by atoms with Gasteiger partial charge in [0.2, 0.25) is 0 Å². The van der Waals surface area contributed by atoms with Gasteiger partial charge in [-0.3, -0.25) is 0 Å². The molecular formula is C33H42CuN2O. The third kappa shape index (κ3) is 7.43. The molecule has 0 atom stereocenters. The number of nitrogens with zero attached hydrogens (tertiary/aromatic N) is 2. The molecule has 0 bridgehead atoms. The molecule has 201 valence electrons. The van der Waals surface area contributed by atoms with Gasteiger partial charge in [-0.1, -0.05) is 122 Å². The monoisotopic (exact) mass is 545 g/mol. The molecule has 1 heterocycles. The van der Waals surface area contributed by atoms with E-state index < -0.39 is 0 Å². The molecule has 0 amide bonds. The van der Waals surface area contributed by atoms with Crippen LogP contribution in [0.25, 0.3) is 0 Å². The predicted octanol–water partition coefficient (Wildman–Crippen LogP) is 8.85. The van der Waals surface area contributed by atoms with E-state index in [4.69, 9.17) is 0 Å². The van der Waals surface area contributed by atoms with Gasteiger partial charge >= 0.3 is 17.1 Å². The van der Waals surface area contributed by atoms with Gasteiger partial charge in [0.15, 0.2) is 6.67 Å². The maximum absolute atomic E-state index is 10.3. The molecule has 1 aliphatic heterocycles. The van der Waals surface area contributed by atoms with Crippen molar-refractivity contribution >= 4 is 11.4 Å². The second-order valence-electron chi connectivity index (χ2n) is 10.7. The van der Waals surface area contributed by atoms with Gasteiger partial charge in [0, 0.05) is 23.8 Å². The van der Waals surface area contributed by atoms with Crippen LogP contribution in [0.4, 0.5) is 11.4 Å². The Morgan fingerprint density at radius 1 is 0.486 bits per heavy atom. The third-order valence-corrected chi connectivity index (χ3v) is 6.58. The standard InChI is InChI=1S/C27H37N2.C6H6O.Cu/c1-18(2)22-11-9-12-23(19(3)4)26(22)28-15-16-29(17-28)27-24(20(5)6)13-10-14-25(27)21(7)8;7-6-4-2-1-3-5-6;/h9-21H,1-8H3;1-5,7H;/q;;+1/p-1. The third-order valence-electron chi connectivity index (χ3n) is 6.58. The van der Waals surface area contributed by atoms with Crippen molar-refractivity contribution in [3.05, 3.63) is 108 Å². The summed E-state index contributed by atoms with van der Waals surface area (Å²) in [6.07, 6.45) is 4.43. The molecule has 0 saturated carbocycles. The first-order valence-electron chi connectivity index (χ1n) is 13.2. The van der Waals surface area contributed by atoms with E-state index in [1.807, 2.05) is 6.07 Å². The summed E-state index contributed by atoms with van der Waals surface area (Å²) in [7, 11) is 0. The quantitative estimate of drug-likeness (QED) is 0.290. The first-order chi connectivity index (χ1) is 17.1. The van der Waals surface area contributed by atoms with E-state index in [-0.39, 0.29) is 22.8 Å². The maximum atomic E-state index is 10.3. The van der Waals surface area contributed by atoms with E-state index in [1.54, 1.807) is 12.1 Å². The first kappa shape index (κ1) is 30.5. The average Bonchev–Trinajstić information content (AvgIpc) is 3.33. The normalized spacial score (nSPS) is 12.9. The molecular weight excluding hydrogens is 504 g/mol. The van der Waals surface area contributed by atoms with E-state index in [2.05, 4.69) is 121 Å². The Morgan fingerprint density at radius 3 is 1.05 bits per heavy atom. The number of para-hydroxylation sites is 3. The Morgan fingerprint density at radius 2 is 0.811 bits per heavy atom.